The fourth-order valence-corrected chi connectivity index (χ4v) is 3.11. The Morgan fingerprint density at radius 3 is 1.27 bits per heavy atom. The lowest BCUT2D eigenvalue weighted by Gasteiger charge is -2.25. The Bertz CT molecular complexity index is 368. The molecule has 3 nitrogen and oxygen atoms in total. The molecule has 26 heavy (non-hydrogen) atoms. The van der Waals surface area contributed by atoms with E-state index in [1.807, 2.05) is 0 Å². The number of hydrogen-bond acceptors (Lipinski definition) is 3. The van der Waals surface area contributed by atoms with Gasteiger partial charge in [0, 0.05) is 0 Å². The van der Waals surface area contributed by atoms with Crippen LogP contribution in [-0.4, -0.2) is 33.6 Å². The molecule has 4 atom stereocenters. The molecule has 3 heteroatoms. The van der Waals surface area contributed by atoms with Gasteiger partial charge in [0.25, 0.3) is 0 Å². The predicted octanol–water partition coefficient (Wildman–Crippen LogP) is 5.39. The number of hydrogen-bond donors (Lipinski definition) is 3. The van der Waals surface area contributed by atoms with Crippen LogP contribution in [-0.2, 0) is 0 Å². The van der Waals surface area contributed by atoms with E-state index in [1.54, 1.807) is 0 Å². The first-order valence-corrected chi connectivity index (χ1v) is 10.4. The minimum Gasteiger partial charge on any atom is -0.390 e. The Labute approximate surface area is 162 Å². The van der Waals surface area contributed by atoms with Crippen LogP contribution in [0.4, 0.5) is 0 Å². The van der Waals surface area contributed by atoms with Crippen LogP contribution in [0.1, 0.15) is 92.9 Å². The Morgan fingerprint density at radius 1 is 0.615 bits per heavy atom. The van der Waals surface area contributed by atoms with Gasteiger partial charge in [0.15, 0.2) is 0 Å². The van der Waals surface area contributed by atoms with Gasteiger partial charge in [0.05, 0.1) is 12.2 Å². The first-order chi connectivity index (χ1) is 12.1. The van der Waals surface area contributed by atoms with E-state index < -0.39 is 18.3 Å². The summed E-state index contributed by atoms with van der Waals surface area (Å²) in [5, 5.41) is 30.6. The molecule has 0 radical (unpaired) electrons. The van der Waals surface area contributed by atoms with Crippen molar-refractivity contribution >= 4 is 0 Å². The molecular formula is C23H44O3. The van der Waals surface area contributed by atoms with Gasteiger partial charge in [-0.1, -0.05) is 37.1 Å². The molecular weight excluding hydrogens is 324 g/mol. The molecule has 0 bridgehead atoms. The van der Waals surface area contributed by atoms with Gasteiger partial charge < -0.3 is 15.3 Å². The third-order valence-electron chi connectivity index (χ3n) is 5.12. The summed E-state index contributed by atoms with van der Waals surface area (Å²) in [5.41, 5.74) is 2.68. The van der Waals surface area contributed by atoms with Crippen molar-refractivity contribution in [3.8, 4) is 0 Å². The number of rotatable bonds is 14. The molecule has 0 saturated carbocycles. The largest absolute Gasteiger partial charge is 0.390 e. The van der Waals surface area contributed by atoms with Crippen molar-refractivity contribution in [1.82, 2.24) is 0 Å². The van der Waals surface area contributed by atoms with E-state index in [2.05, 4.69) is 53.7 Å². The third kappa shape index (κ3) is 13.5. The zero-order valence-electron chi connectivity index (χ0n) is 18.0. The summed E-state index contributed by atoms with van der Waals surface area (Å²) < 4.78 is 0. The Morgan fingerprint density at radius 2 is 0.962 bits per heavy atom. The highest BCUT2D eigenvalue weighted by molar-refractivity contribution is 4.93. The number of allylic oxidation sites excluding steroid dienone is 4. The van der Waals surface area contributed by atoms with Gasteiger partial charge in [-0.2, -0.15) is 0 Å². The van der Waals surface area contributed by atoms with Crippen LogP contribution in [0.5, 0.6) is 0 Å². The molecule has 4 unspecified atom stereocenters. The standard InChI is InChI=1S/C23H44O3/c1-17(2)9-7-11-19(5)13-15-21(24)23(26)22(25)16-14-20(6)12-8-10-18(3)4/h9-10,19-26H,7-8,11-16H2,1-6H3. The van der Waals surface area contributed by atoms with Crippen LogP contribution in [0.3, 0.4) is 0 Å². The van der Waals surface area contributed by atoms with Crippen LogP contribution in [0.2, 0.25) is 0 Å². The molecule has 154 valence electrons. The van der Waals surface area contributed by atoms with E-state index in [9.17, 15) is 15.3 Å². The average molecular weight is 369 g/mol. The third-order valence-corrected chi connectivity index (χ3v) is 5.12. The smallest absolute Gasteiger partial charge is 0.106 e. The molecule has 0 aromatic heterocycles. The number of aliphatic hydroxyl groups excluding tert-OH is 3. The molecule has 0 spiro atoms. The second kappa shape index (κ2) is 14.4. The van der Waals surface area contributed by atoms with Crippen molar-refractivity contribution in [2.45, 2.75) is 111 Å². The van der Waals surface area contributed by atoms with E-state index in [4.69, 9.17) is 0 Å². The predicted molar refractivity (Wildman–Crippen MR) is 112 cm³/mol. The highest BCUT2D eigenvalue weighted by atomic mass is 16.4. The zero-order valence-corrected chi connectivity index (χ0v) is 18.0. The van der Waals surface area contributed by atoms with Crippen LogP contribution in [0.15, 0.2) is 23.3 Å². The summed E-state index contributed by atoms with van der Waals surface area (Å²) in [4.78, 5) is 0. The summed E-state index contributed by atoms with van der Waals surface area (Å²) in [5.74, 6) is 1.03. The molecule has 0 fully saturated rings. The van der Waals surface area contributed by atoms with Crippen LogP contribution < -0.4 is 0 Å². The van der Waals surface area contributed by atoms with Gasteiger partial charge in [-0.3, -0.25) is 0 Å². The quantitative estimate of drug-likeness (QED) is 0.360. The zero-order chi connectivity index (χ0) is 20.1. The Balaban J connectivity index is 4.04. The fraction of sp³-hybridized carbons (Fsp3) is 0.826. The van der Waals surface area contributed by atoms with E-state index >= 15 is 0 Å². The lowest BCUT2D eigenvalue weighted by molar-refractivity contribution is -0.0670. The summed E-state index contributed by atoms with van der Waals surface area (Å²) in [6.45, 7) is 12.8. The SMILES string of the molecule is CC(C)=CCCC(C)CCC(O)C(O)C(O)CCC(C)CCC=C(C)C. The number of aliphatic hydroxyl groups is 3. The lowest BCUT2D eigenvalue weighted by Crippen LogP contribution is -2.37. The molecule has 0 aliphatic carbocycles. The van der Waals surface area contributed by atoms with Gasteiger partial charge >= 0.3 is 0 Å². The van der Waals surface area contributed by atoms with E-state index in [1.165, 1.54) is 11.1 Å². The maximum absolute atomic E-state index is 10.2. The first kappa shape index (κ1) is 25.4. The molecule has 0 aromatic carbocycles. The normalized spacial score (nSPS) is 17.1. The molecule has 0 rings (SSSR count). The van der Waals surface area contributed by atoms with Crippen molar-refractivity contribution in [3.05, 3.63) is 23.3 Å². The van der Waals surface area contributed by atoms with Crippen LogP contribution in [0.25, 0.3) is 0 Å². The van der Waals surface area contributed by atoms with Crippen LogP contribution in [0, 0.1) is 11.8 Å². The van der Waals surface area contributed by atoms with Gasteiger partial charge in [0.2, 0.25) is 0 Å². The van der Waals surface area contributed by atoms with Crippen LogP contribution >= 0.6 is 0 Å². The molecule has 0 aliphatic rings. The van der Waals surface area contributed by atoms with Crippen molar-refractivity contribution < 1.29 is 15.3 Å². The van der Waals surface area contributed by atoms with Gasteiger partial charge in [-0.05, 0) is 90.9 Å². The van der Waals surface area contributed by atoms with Gasteiger partial charge in [-0.15, -0.1) is 0 Å². The molecule has 0 aliphatic heterocycles. The van der Waals surface area contributed by atoms with E-state index in [-0.39, 0.29) is 0 Å². The van der Waals surface area contributed by atoms with E-state index in [0.29, 0.717) is 24.7 Å². The minimum absolute atomic E-state index is 0.514. The monoisotopic (exact) mass is 368 g/mol. The summed E-state index contributed by atoms with van der Waals surface area (Å²) in [7, 11) is 0. The van der Waals surface area contributed by atoms with Crippen molar-refractivity contribution in [1.29, 1.82) is 0 Å². The molecule has 0 amide bonds. The maximum atomic E-state index is 10.2. The van der Waals surface area contributed by atoms with Crippen molar-refractivity contribution in [2.24, 2.45) is 11.8 Å². The highest BCUT2D eigenvalue weighted by Crippen LogP contribution is 2.20. The molecule has 0 aromatic rings. The fourth-order valence-electron chi connectivity index (χ4n) is 3.11. The summed E-state index contributed by atoms with van der Waals surface area (Å²) in [6.07, 6.45) is 8.94. The lowest BCUT2D eigenvalue weighted by atomic mass is 9.91. The topological polar surface area (TPSA) is 60.7 Å². The van der Waals surface area contributed by atoms with Crippen molar-refractivity contribution in [3.63, 3.8) is 0 Å². The Kier molecular flexibility index (Phi) is 14.1. The highest BCUT2D eigenvalue weighted by Gasteiger charge is 2.25. The second-order valence-corrected chi connectivity index (χ2v) is 8.71. The molecule has 0 heterocycles. The molecule has 3 N–H and O–H groups in total. The maximum Gasteiger partial charge on any atom is 0.106 e. The van der Waals surface area contributed by atoms with Crippen molar-refractivity contribution in [2.75, 3.05) is 0 Å². The first-order valence-electron chi connectivity index (χ1n) is 10.4. The van der Waals surface area contributed by atoms with Gasteiger partial charge in [-0.25, -0.2) is 0 Å². The van der Waals surface area contributed by atoms with E-state index in [0.717, 1.165) is 38.5 Å². The Hall–Kier alpha value is -0.640. The van der Waals surface area contributed by atoms with Gasteiger partial charge in [0.1, 0.15) is 6.10 Å². The second-order valence-electron chi connectivity index (χ2n) is 8.71. The minimum atomic E-state index is -1.04. The summed E-state index contributed by atoms with van der Waals surface area (Å²) >= 11 is 0. The summed E-state index contributed by atoms with van der Waals surface area (Å²) in [6, 6.07) is 0. The molecule has 0 saturated heterocycles. The average Bonchev–Trinajstić information content (AvgIpc) is 2.56.